The maximum Gasteiger partial charge on any atom is 0.492 e. The van der Waals surface area contributed by atoms with Gasteiger partial charge in [0.15, 0.2) is 0 Å². The van der Waals surface area contributed by atoms with E-state index in [1.165, 1.54) is 6.92 Å². The SMILES string of the molecule is CCn1ncc(B(O)O)c1C(F)(F)F. The van der Waals surface area contributed by atoms with Crippen LogP contribution in [0.5, 0.6) is 0 Å². The van der Waals surface area contributed by atoms with Gasteiger partial charge in [0.05, 0.1) is 0 Å². The van der Waals surface area contributed by atoms with Crippen LogP contribution in [0, 0.1) is 0 Å². The van der Waals surface area contributed by atoms with Crippen molar-refractivity contribution in [3.63, 3.8) is 0 Å². The Bertz CT molecular complexity index is 323. The van der Waals surface area contributed by atoms with Gasteiger partial charge in [-0.05, 0) is 6.92 Å². The van der Waals surface area contributed by atoms with E-state index in [0.717, 1.165) is 6.20 Å². The molecule has 1 aromatic heterocycles. The fourth-order valence-electron chi connectivity index (χ4n) is 1.14. The van der Waals surface area contributed by atoms with Crippen LogP contribution in [0.3, 0.4) is 0 Å². The third-order valence-electron chi connectivity index (χ3n) is 1.71. The summed E-state index contributed by atoms with van der Waals surface area (Å²) in [6.45, 7) is 1.50. The minimum absolute atomic E-state index is 0.0154. The molecule has 0 bridgehead atoms. The Morgan fingerprint density at radius 3 is 2.43 bits per heavy atom. The number of hydrogen-bond donors (Lipinski definition) is 2. The predicted octanol–water partition coefficient (Wildman–Crippen LogP) is -0.398. The van der Waals surface area contributed by atoms with Crippen molar-refractivity contribution >= 4 is 12.6 Å². The van der Waals surface area contributed by atoms with E-state index in [1.807, 2.05) is 0 Å². The smallest absolute Gasteiger partial charge is 0.423 e. The number of alkyl halides is 3. The van der Waals surface area contributed by atoms with Gasteiger partial charge in [0.2, 0.25) is 0 Å². The summed E-state index contributed by atoms with van der Waals surface area (Å²) >= 11 is 0. The summed E-state index contributed by atoms with van der Waals surface area (Å²) in [5.41, 5.74) is -1.74. The zero-order valence-electron chi connectivity index (χ0n) is 7.28. The van der Waals surface area contributed by atoms with Crippen LogP contribution < -0.4 is 5.46 Å². The third-order valence-corrected chi connectivity index (χ3v) is 1.71. The molecule has 0 amide bonds. The van der Waals surface area contributed by atoms with Crippen LogP contribution in [-0.4, -0.2) is 26.9 Å². The number of halogens is 3. The summed E-state index contributed by atoms with van der Waals surface area (Å²) in [5, 5.41) is 20.8. The topological polar surface area (TPSA) is 58.3 Å². The summed E-state index contributed by atoms with van der Waals surface area (Å²) in [7, 11) is -2.16. The fraction of sp³-hybridized carbons (Fsp3) is 0.500. The molecule has 0 spiro atoms. The van der Waals surface area contributed by atoms with E-state index in [0.29, 0.717) is 4.68 Å². The van der Waals surface area contributed by atoms with E-state index < -0.39 is 24.5 Å². The Morgan fingerprint density at radius 1 is 1.50 bits per heavy atom. The highest BCUT2D eigenvalue weighted by atomic mass is 19.4. The monoisotopic (exact) mass is 208 g/mol. The second-order valence-corrected chi connectivity index (χ2v) is 2.64. The Kier molecular flexibility index (Phi) is 2.86. The molecule has 0 aliphatic carbocycles. The van der Waals surface area contributed by atoms with Crippen LogP contribution in [0.4, 0.5) is 13.2 Å². The normalized spacial score (nSPS) is 11.9. The first-order chi connectivity index (χ1) is 6.38. The lowest BCUT2D eigenvalue weighted by molar-refractivity contribution is -0.143. The van der Waals surface area contributed by atoms with E-state index in [4.69, 9.17) is 10.0 Å². The van der Waals surface area contributed by atoms with Gasteiger partial charge in [0, 0.05) is 18.2 Å². The lowest BCUT2D eigenvalue weighted by Crippen LogP contribution is -2.36. The first-order valence-corrected chi connectivity index (χ1v) is 3.87. The van der Waals surface area contributed by atoms with E-state index in [9.17, 15) is 13.2 Å². The molecule has 4 nitrogen and oxygen atoms in total. The van der Waals surface area contributed by atoms with Crippen molar-refractivity contribution in [2.75, 3.05) is 0 Å². The molecule has 0 aliphatic rings. The predicted molar refractivity (Wildman–Crippen MR) is 42.7 cm³/mol. The highest BCUT2D eigenvalue weighted by Crippen LogP contribution is 2.27. The molecular weight excluding hydrogens is 200 g/mol. The molecule has 14 heavy (non-hydrogen) atoms. The second kappa shape index (κ2) is 3.62. The van der Waals surface area contributed by atoms with Gasteiger partial charge in [-0.3, -0.25) is 4.68 Å². The summed E-state index contributed by atoms with van der Waals surface area (Å²) < 4.78 is 37.9. The first kappa shape index (κ1) is 11.1. The van der Waals surface area contributed by atoms with Gasteiger partial charge >= 0.3 is 13.3 Å². The number of aromatic nitrogens is 2. The van der Waals surface area contributed by atoms with Crippen molar-refractivity contribution in [3.05, 3.63) is 11.9 Å². The average Bonchev–Trinajstić information content (AvgIpc) is 2.45. The molecule has 1 aromatic rings. The Morgan fingerprint density at radius 2 is 2.07 bits per heavy atom. The lowest BCUT2D eigenvalue weighted by Gasteiger charge is -2.10. The minimum Gasteiger partial charge on any atom is -0.423 e. The molecule has 78 valence electrons. The van der Waals surface area contributed by atoms with Gasteiger partial charge in [-0.25, -0.2) is 0 Å². The minimum atomic E-state index is -4.63. The fourth-order valence-corrected chi connectivity index (χ4v) is 1.14. The zero-order valence-corrected chi connectivity index (χ0v) is 7.28. The van der Waals surface area contributed by atoms with Crippen molar-refractivity contribution in [2.24, 2.45) is 0 Å². The number of hydrogen-bond acceptors (Lipinski definition) is 3. The molecule has 0 unspecified atom stereocenters. The van der Waals surface area contributed by atoms with Crippen LogP contribution in [0.1, 0.15) is 12.6 Å². The third kappa shape index (κ3) is 1.90. The van der Waals surface area contributed by atoms with Gasteiger partial charge in [0.25, 0.3) is 0 Å². The molecule has 0 fully saturated rings. The summed E-state index contributed by atoms with van der Waals surface area (Å²) in [6, 6.07) is 0. The van der Waals surface area contributed by atoms with E-state index in [1.54, 1.807) is 0 Å². The van der Waals surface area contributed by atoms with Crippen molar-refractivity contribution in [2.45, 2.75) is 19.6 Å². The van der Waals surface area contributed by atoms with Crippen molar-refractivity contribution in [1.29, 1.82) is 0 Å². The number of aryl methyl sites for hydroxylation is 1. The maximum atomic E-state index is 12.4. The molecule has 1 heterocycles. The Labute approximate surface area is 78.1 Å². The number of nitrogens with zero attached hydrogens (tertiary/aromatic N) is 2. The Balaban J connectivity index is 3.27. The van der Waals surface area contributed by atoms with Gasteiger partial charge in [-0.2, -0.15) is 18.3 Å². The molecule has 0 aliphatic heterocycles. The zero-order chi connectivity index (χ0) is 10.9. The van der Waals surface area contributed by atoms with E-state index >= 15 is 0 Å². The van der Waals surface area contributed by atoms with Gasteiger partial charge in [-0.15, -0.1) is 0 Å². The molecule has 2 N–H and O–H groups in total. The lowest BCUT2D eigenvalue weighted by atomic mass is 9.80. The van der Waals surface area contributed by atoms with E-state index in [2.05, 4.69) is 5.10 Å². The molecule has 0 atom stereocenters. The summed E-state index contributed by atoms with van der Waals surface area (Å²) in [4.78, 5) is 0. The number of rotatable bonds is 2. The standard InChI is InChI=1S/C6H8BF3N2O2/c1-2-12-5(6(8,9)10)4(3-11-12)7(13)14/h3,13-14H,2H2,1H3. The molecule has 0 radical (unpaired) electrons. The first-order valence-electron chi connectivity index (χ1n) is 3.87. The molecule has 0 saturated carbocycles. The maximum absolute atomic E-state index is 12.4. The van der Waals surface area contributed by atoms with Crippen LogP contribution >= 0.6 is 0 Å². The van der Waals surface area contributed by atoms with Crippen molar-refractivity contribution in [3.8, 4) is 0 Å². The summed E-state index contributed by atoms with van der Waals surface area (Å²) in [6.07, 6.45) is -3.83. The van der Waals surface area contributed by atoms with Crippen molar-refractivity contribution in [1.82, 2.24) is 9.78 Å². The second-order valence-electron chi connectivity index (χ2n) is 2.64. The molecular formula is C6H8BF3N2O2. The highest BCUT2D eigenvalue weighted by Gasteiger charge is 2.40. The quantitative estimate of drug-likeness (QED) is 0.650. The van der Waals surface area contributed by atoms with Crippen LogP contribution in [0.15, 0.2) is 6.20 Å². The largest absolute Gasteiger partial charge is 0.492 e. The molecule has 8 heteroatoms. The van der Waals surface area contributed by atoms with Crippen LogP contribution in [0.25, 0.3) is 0 Å². The Hall–Kier alpha value is -1.02. The molecule has 1 rings (SSSR count). The van der Waals surface area contributed by atoms with E-state index in [-0.39, 0.29) is 6.54 Å². The molecule has 0 aromatic carbocycles. The van der Waals surface area contributed by atoms with Crippen LogP contribution in [0.2, 0.25) is 0 Å². The highest BCUT2D eigenvalue weighted by molar-refractivity contribution is 6.59. The average molecular weight is 208 g/mol. The van der Waals surface area contributed by atoms with Gasteiger partial charge in [-0.1, -0.05) is 0 Å². The summed E-state index contributed by atoms with van der Waals surface area (Å²) in [5.74, 6) is 0. The van der Waals surface area contributed by atoms with Gasteiger partial charge < -0.3 is 10.0 Å². The van der Waals surface area contributed by atoms with Gasteiger partial charge in [0.1, 0.15) is 5.69 Å². The van der Waals surface area contributed by atoms with Crippen molar-refractivity contribution < 1.29 is 23.2 Å². The van der Waals surface area contributed by atoms with Crippen LogP contribution in [-0.2, 0) is 12.7 Å². The molecule has 0 saturated heterocycles.